The predicted octanol–water partition coefficient (Wildman–Crippen LogP) is 3.30. The standard InChI is InChI=1S/C14H10ClN3O3/c15-12-4-2-1-3-10(12)5-8-14(19)17-13-7-6-11(9-16-13)18(20)21/h1-9H,(H,16,17,19). The highest BCUT2D eigenvalue weighted by Crippen LogP contribution is 2.16. The van der Waals surface area contributed by atoms with Crippen LogP contribution in [0, 0.1) is 10.1 Å². The number of anilines is 1. The van der Waals surface area contributed by atoms with Gasteiger partial charge in [-0.15, -0.1) is 0 Å². The maximum atomic E-state index is 11.7. The SMILES string of the molecule is O=C(C=Cc1ccccc1Cl)Nc1ccc([N+](=O)[O-])cn1. The number of aromatic nitrogens is 1. The van der Waals surface area contributed by atoms with Crippen LogP contribution < -0.4 is 5.32 Å². The summed E-state index contributed by atoms with van der Waals surface area (Å²) in [5.41, 5.74) is 0.575. The zero-order valence-electron chi connectivity index (χ0n) is 10.7. The molecule has 2 rings (SSSR count). The van der Waals surface area contributed by atoms with Crippen LogP contribution in [0.2, 0.25) is 5.02 Å². The number of carbonyl (C=O) groups excluding carboxylic acids is 1. The first-order valence-electron chi connectivity index (χ1n) is 5.90. The number of nitrogens with one attached hydrogen (secondary N) is 1. The Morgan fingerprint density at radius 2 is 2.05 bits per heavy atom. The number of hydrogen-bond acceptors (Lipinski definition) is 4. The summed E-state index contributed by atoms with van der Waals surface area (Å²) in [5.74, 6) is -0.175. The Hall–Kier alpha value is -2.73. The normalized spacial score (nSPS) is 10.5. The molecule has 1 aromatic carbocycles. The quantitative estimate of drug-likeness (QED) is 0.533. The summed E-state index contributed by atoms with van der Waals surface area (Å²) in [7, 11) is 0. The summed E-state index contributed by atoms with van der Waals surface area (Å²) < 4.78 is 0. The van der Waals surface area contributed by atoms with Crippen LogP contribution in [-0.4, -0.2) is 15.8 Å². The maximum Gasteiger partial charge on any atom is 0.287 e. The lowest BCUT2D eigenvalue weighted by atomic mass is 10.2. The number of benzene rings is 1. The van der Waals surface area contributed by atoms with E-state index in [2.05, 4.69) is 10.3 Å². The molecular formula is C14H10ClN3O3. The fourth-order valence-corrected chi connectivity index (χ4v) is 1.71. The molecule has 0 saturated carbocycles. The highest BCUT2D eigenvalue weighted by molar-refractivity contribution is 6.32. The van der Waals surface area contributed by atoms with Crippen molar-refractivity contribution in [3.8, 4) is 0 Å². The fourth-order valence-electron chi connectivity index (χ4n) is 1.51. The van der Waals surface area contributed by atoms with Gasteiger partial charge in [-0.1, -0.05) is 29.8 Å². The zero-order valence-corrected chi connectivity index (χ0v) is 11.4. The van der Waals surface area contributed by atoms with E-state index in [1.54, 1.807) is 30.3 Å². The van der Waals surface area contributed by atoms with Gasteiger partial charge in [0.15, 0.2) is 0 Å². The van der Waals surface area contributed by atoms with Gasteiger partial charge in [-0.2, -0.15) is 0 Å². The molecule has 0 spiro atoms. The second kappa shape index (κ2) is 6.62. The molecule has 2 aromatic rings. The van der Waals surface area contributed by atoms with E-state index in [1.165, 1.54) is 18.2 Å². The average molecular weight is 304 g/mol. The Labute approximate surface area is 125 Å². The molecule has 106 valence electrons. The molecule has 0 aliphatic heterocycles. The van der Waals surface area contributed by atoms with Gasteiger partial charge in [0.05, 0.1) is 4.92 Å². The molecule has 0 unspecified atom stereocenters. The van der Waals surface area contributed by atoms with Crippen molar-refractivity contribution in [3.05, 3.63) is 69.4 Å². The van der Waals surface area contributed by atoms with Crippen LogP contribution in [-0.2, 0) is 4.79 Å². The number of nitrogens with zero attached hydrogens (tertiary/aromatic N) is 2. The molecule has 1 N–H and O–H groups in total. The Bertz CT molecular complexity index is 699. The van der Waals surface area contributed by atoms with Gasteiger partial charge >= 0.3 is 0 Å². The van der Waals surface area contributed by atoms with E-state index >= 15 is 0 Å². The van der Waals surface area contributed by atoms with Crippen LogP contribution in [0.3, 0.4) is 0 Å². The third-order valence-corrected chi connectivity index (χ3v) is 2.87. The first-order chi connectivity index (χ1) is 10.1. The fraction of sp³-hybridized carbons (Fsp3) is 0. The number of amides is 1. The van der Waals surface area contributed by atoms with Crippen molar-refractivity contribution in [1.82, 2.24) is 4.98 Å². The van der Waals surface area contributed by atoms with Crippen molar-refractivity contribution in [2.24, 2.45) is 0 Å². The van der Waals surface area contributed by atoms with E-state index in [-0.39, 0.29) is 11.5 Å². The number of halogens is 1. The monoisotopic (exact) mass is 303 g/mol. The van der Waals surface area contributed by atoms with E-state index in [9.17, 15) is 14.9 Å². The molecule has 0 aliphatic rings. The van der Waals surface area contributed by atoms with Crippen molar-refractivity contribution in [2.75, 3.05) is 5.32 Å². The molecule has 0 fully saturated rings. The molecule has 6 nitrogen and oxygen atoms in total. The van der Waals surface area contributed by atoms with Crippen molar-refractivity contribution >= 4 is 35.1 Å². The molecule has 0 aliphatic carbocycles. The molecule has 1 heterocycles. The van der Waals surface area contributed by atoms with Gasteiger partial charge < -0.3 is 5.32 Å². The molecule has 0 atom stereocenters. The highest BCUT2D eigenvalue weighted by atomic mass is 35.5. The lowest BCUT2D eigenvalue weighted by molar-refractivity contribution is -0.385. The largest absolute Gasteiger partial charge is 0.307 e. The minimum absolute atomic E-state index is 0.139. The Morgan fingerprint density at radius 1 is 1.29 bits per heavy atom. The van der Waals surface area contributed by atoms with Crippen LogP contribution in [0.1, 0.15) is 5.56 Å². The summed E-state index contributed by atoms with van der Waals surface area (Å²) >= 11 is 5.96. The van der Waals surface area contributed by atoms with Gasteiger partial charge in [0.25, 0.3) is 5.69 Å². The molecule has 1 amide bonds. The minimum Gasteiger partial charge on any atom is -0.307 e. The number of pyridine rings is 1. The van der Waals surface area contributed by atoms with E-state index in [0.717, 1.165) is 6.20 Å². The first-order valence-corrected chi connectivity index (χ1v) is 6.28. The van der Waals surface area contributed by atoms with E-state index < -0.39 is 10.8 Å². The van der Waals surface area contributed by atoms with Gasteiger partial charge in [0.1, 0.15) is 12.0 Å². The molecule has 1 aromatic heterocycles. The van der Waals surface area contributed by atoms with Crippen LogP contribution in [0.4, 0.5) is 11.5 Å². The second-order valence-corrected chi connectivity index (χ2v) is 4.41. The third kappa shape index (κ3) is 4.12. The number of carbonyl (C=O) groups is 1. The van der Waals surface area contributed by atoms with Crippen LogP contribution >= 0.6 is 11.6 Å². The minimum atomic E-state index is -0.560. The lowest BCUT2D eigenvalue weighted by Gasteiger charge is -2.00. The highest BCUT2D eigenvalue weighted by Gasteiger charge is 2.06. The van der Waals surface area contributed by atoms with Gasteiger partial charge in [-0.25, -0.2) is 4.98 Å². The van der Waals surface area contributed by atoms with E-state index in [1.807, 2.05) is 0 Å². The molecule has 0 bridgehead atoms. The molecule has 21 heavy (non-hydrogen) atoms. The van der Waals surface area contributed by atoms with Crippen molar-refractivity contribution < 1.29 is 9.72 Å². The Morgan fingerprint density at radius 3 is 2.67 bits per heavy atom. The van der Waals surface area contributed by atoms with Crippen LogP contribution in [0.5, 0.6) is 0 Å². The van der Waals surface area contributed by atoms with Crippen molar-refractivity contribution in [2.45, 2.75) is 0 Å². The summed E-state index contributed by atoms with van der Waals surface area (Å²) in [6.45, 7) is 0. The lowest BCUT2D eigenvalue weighted by Crippen LogP contribution is -2.09. The van der Waals surface area contributed by atoms with Gasteiger partial charge in [-0.05, 0) is 23.8 Å². The topological polar surface area (TPSA) is 85.1 Å². The number of hydrogen-bond donors (Lipinski definition) is 1. The van der Waals surface area contributed by atoms with Crippen LogP contribution in [0.25, 0.3) is 6.08 Å². The van der Waals surface area contributed by atoms with Gasteiger partial charge in [0.2, 0.25) is 5.91 Å². The number of rotatable bonds is 4. The Balaban J connectivity index is 2.02. The van der Waals surface area contributed by atoms with Crippen LogP contribution in [0.15, 0.2) is 48.7 Å². The third-order valence-electron chi connectivity index (χ3n) is 2.53. The van der Waals surface area contributed by atoms with E-state index in [0.29, 0.717) is 10.6 Å². The smallest absolute Gasteiger partial charge is 0.287 e. The van der Waals surface area contributed by atoms with Gasteiger partial charge in [-0.3, -0.25) is 14.9 Å². The second-order valence-electron chi connectivity index (χ2n) is 4.00. The molecule has 7 heteroatoms. The summed E-state index contributed by atoms with van der Waals surface area (Å²) in [5, 5.41) is 13.5. The summed E-state index contributed by atoms with van der Waals surface area (Å²) in [4.78, 5) is 25.4. The molecular weight excluding hydrogens is 294 g/mol. The van der Waals surface area contributed by atoms with Gasteiger partial charge in [0, 0.05) is 17.2 Å². The van der Waals surface area contributed by atoms with Crippen molar-refractivity contribution in [3.63, 3.8) is 0 Å². The predicted molar refractivity (Wildman–Crippen MR) is 80.0 cm³/mol. The average Bonchev–Trinajstić information content (AvgIpc) is 2.47. The molecule has 0 radical (unpaired) electrons. The number of nitro groups is 1. The maximum absolute atomic E-state index is 11.7. The summed E-state index contributed by atoms with van der Waals surface area (Å²) in [6, 6.07) is 9.72. The zero-order chi connectivity index (χ0) is 15.2. The Kier molecular flexibility index (Phi) is 4.63. The van der Waals surface area contributed by atoms with E-state index in [4.69, 9.17) is 11.6 Å². The van der Waals surface area contributed by atoms with Crippen molar-refractivity contribution in [1.29, 1.82) is 0 Å². The molecule has 0 saturated heterocycles. The summed E-state index contributed by atoms with van der Waals surface area (Å²) in [6.07, 6.45) is 3.96. The first kappa shape index (κ1) is 14.7.